The Kier molecular flexibility index (Phi) is 6.07. The van der Waals surface area contributed by atoms with Crippen LogP contribution in [0.1, 0.15) is 46.9 Å². The Balaban J connectivity index is 2.67. The highest BCUT2D eigenvalue weighted by Gasteiger charge is 2.07. The van der Waals surface area contributed by atoms with Gasteiger partial charge in [-0.05, 0) is 18.4 Å². The first-order valence-electron chi connectivity index (χ1n) is 5.52. The second-order valence-electron chi connectivity index (χ2n) is 3.71. The molecule has 1 unspecified atom stereocenters. The van der Waals surface area contributed by atoms with Crippen molar-refractivity contribution in [2.24, 2.45) is 0 Å². The molecule has 1 atom stereocenters. The van der Waals surface area contributed by atoms with Crippen LogP contribution in [0.3, 0.4) is 0 Å². The lowest BCUT2D eigenvalue weighted by Crippen LogP contribution is -1.99. The van der Waals surface area contributed by atoms with Crippen LogP contribution in [0.5, 0.6) is 0 Å². The van der Waals surface area contributed by atoms with E-state index in [1.165, 1.54) is 5.56 Å². The lowest BCUT2D eigenvalue weighted by Gasteiger charge is -2.07. The molecular weight excluding hydrogens is 287 g/mol. The number of hydrogen-bond donors (Lipinski definition) is 0. The monoisotopic (exact) mass is 302 g/mol. The van der Waals surface area contributed by atoms with E-state index in [9.17, 15) is 4.79 Å². The van der Waals surface area contributed by atoms with Crippen LogP contribution in [-0.2, 0) is 0 Å². The van der Waals surface area contributed by atoms with Crippen molar-refractivity contribution < 1.29 is 4.79 Å². The second kappa shape index (κ2) is 7.08. The zero-order valence-corrected chi connectivity index (χ0v) is 11.7. The summed E-state index contributed by atoms with van der Waals surface area (Å²) in [5, 5.41) is 0. The molecule has 0 saturated heterocycles. The molecule has 0 aromatic heterocycles. The maximum absolute atomic E-state index is 11.7. The van der Waals surface area contributed by atoms with Gasteiger partial charge < -0.3 is 0 Å². The van der Waals surface area contributed by atoms with Crippen molar-refractivity contribution in [2.45, 2.75) is 31.0 Å². The van der Waals surface area contributed by atoms with Crippen LogP contribution in [0.4, 0.5) is 0 Å². The fourth-order valence-electron chi connectivity index (χ4n) is 1.49. The molecule has 1 rings (SSSR count). The Morgan fingerprint density at radius 2 is 2.00 bits per heavy atom. The second-order valence-corrected chi connectivity index (χ2v) is 5.20. The number of carbonyl (C=O) groups excluding carboxylic acids is 1. The summed E-state index contributed by atoms with van der Waals surface area (Å²) in [6, 6.07) is 7.82. The molecule has 0 heterocycles. The smallest absolute Gasteiger partial charge is 0.162 e. The number of Topliss-reactive ketones (excluding diaryl/α,β-unsaturated/α-hetero) is 1. The first-order valence-corrected chi connectivity index (χ1v) is 6.97. The molecule has 0 aliphatic rings. The Morgan fingerprint density at radius 3 is 2.50 bits per heavy atom. The van der Waals surface area contributed by atoms with Crippen LogP contribution < -0.4 is 0 Å². The quantitative estimate of drug-likeness (QED) is 0.548. The van der Waals surface area contributed by atoms with Gasteiger partial charge in [-0.1, -0.05) is 47.1 Å². The third kappa shape index (κ3) is 3.91. The van der Waals surface area contributed by atoms with E-state index in [2.05, 4.69) is 22.9 Å². The molecule has 0 N–H and O–H groups in total. The predicted molar refractivity (Wildman–Crippen MR) is 72.7 cm³/mol. The van der Waals surface area contributed by atoms with Gasteiger partial charge in [-0.3, -0.25) is 4.79 Å². The van der Waals surface area contributed by atoms with Gasteiger partial charge in [-0.15, -0.1) is 11.6 Å². The first kappa shape index (κ1) is 13.7. The Labute approximate surface area is 110 Å². The van der Waals surface area contributed by atoms with Gasteiger partial charge in [0.1, 0.15) is 0 Å². The number of hydrogen-bond acceptors (Lipinski definition) is 1. The normalized spacial score (nSPS) is 12.4. The van der Waals surface area contributed by atoms with Crippen LogP contribution in [0.2, 0.25) is 0 Å². The lowest BCUT2D eigenvalue weighted by molar-refractivity contribution is 0.0982. The van der Waals surface area contributed by atoms with Gasteiger partial charge in [0.05, 0.1) is 0 Å². The number of rotatable bonds is 6. The number of carbonyl (C=O) groups is 1. The van der Waals surface area contributed by atoms with Crippen molar-refractivity contribution in [3.05, 3.63) is 35.4 Å². The molecule has 0 saturated carbocycles. The van der Waals surface area contributed by atoms with Crippen molar-refractivity contribution in [3.8, 4) is 0 Å². The average molecular weight is 304 g/mol. The lowest BCUT2D eigenvalue weighted by atomic mass is 10.0. The molecule has 1 aromatic carbocycles. The maximum atomic E-state index is 11.7. The number of ketones is 1. The van der Waals surface area contributed by atoms with E-state index in [-0.39, 0.29) is 5.78 Å². The van der Waals surface area contributed by atoms with E-state index in [0.29, 0.717) is 17.1 Å². The number of benzene rings is 1. The third-order valence-corrected chi connectivity index (χ3v) is 3.93. The Bertz CT molecular complexity index is 334. The summed E-state index contributed by atoms with van der Waals surface area (Å²) >= 11 is 9.15. The fraction of sp³-hybridized carbons (Fsp3) is 0.462. The number of alkyl halides is 2. The molecule has 1 aromatic rings. The molecule has 0 radical (unpaired) electrons. The summed E-state index contributed by atoms with van der Waals surface area (Å²) < 4.78 is 0. The average Bonchev–Trinajstić information content (AvgIpc) is 2.35. The summed E-state index contributed by atoms with van der Waals surface area (Å²) in [7, 11) is 0. The predicted octanol–water partition coefficient (Wildman–Crippen LogP) is 4.73. The van der Waals surface area contributed by atoms with Crippen molar-refractivity contribution in [1.82, 2.24) is 0 Å². The van der Waals surface area contributed by atoms with Crippen LogP contribution >= 0.6 is 27.5 Å². The van der Waals surface area contributed by atoms with E-state index in [1.807, 2.05) is 24.3 Å². The van der Waals surface area contributed by atoms with Crippen molar-refractivity contribution >= 4 is 33.3 Å². The zero-order valence-electron chi connectivity index (χ0n) is 9.38. The fourth-order valence-corrected chi connectivity index (χ4v) is 1.92. The summed E-state index contributed by atoms with van der Waals surface area (Å²) in [6.07, 6.45) is 2.33. The van der Waals surface area contributed by atoms with Crippen molar-refractivity contribution in [3.63, 3.8) is 0 Å². The minimum Gasteiger partial charge on any atom is -0.294 e. The molecule has 0 fully saturated rings. The van der Waals surface area contributed by atoms with Gasteiger partial charge in [-0.25, -0.2) is 0 Å². The Hall–Kier alpha value is -0.340. The minimum atomic E-state index is 0.176. The van der Waals surface area contributed by atoms with Crippen LogP contribution in [0, 0.1) is 0 Å². The molecule has 1 nitrogen and oxygen atoms in total. The maximum Gasteiger partial charge on any atom is 0.162 e. The zero-order chi connectivity index (χ0) is 12.0. The van der Waals surface area contributed by atoms with E-state index < -0.39 is 0 Å². The summed E-state index contributed by atoms with van der Waals surface area (Å²) in [6.45, 7) is 2.12. The molecule has 0 spiro atoms. The van der Waals surface area contributed by atoms with Gasteiger partial charge in [0.15, 0.2) is 5.78 Å². The van der Waals surface area contributed by atoms with E-state index in [0.717, 1.165) is 18.4 Å². The highest BCUT2D eigenvalue weighted by Crippen LogP contribution is 2.26. The van der Waals surface area contributed by atoms with Crippen LogP contribution in [-0.4, -0.2) is 11.7 Å². The summed E-state index contributed by atoms with van der Waals surface area (Å²) in [5.41, 5.74) is 2.00. The van der Waals surface area contributed by atoms with Gasteiger partial charge in [-0.2, -0.15) is 0 Å². The minimum absolute atomic E-state index is 0.176. The summed E-state index contributed by atoms with van der Waals surface area (Å²) in [5.74, 6) is 0.721. The van der Waals surface area contributed by atoms with E-state index >= 15 is 0 Å². The third-order valence-electron chi connectivity index (χ3n) is 2.49. The largest absolute Gasteiger partial charge is 0.294 e. The molecule has 0 bridgehead atoms. The molecule has 88 valence electrons. The molecule has 0 aliphatic heterocycles. The standard InChI is InChI=1S/C13H16BrClO/c1-2-12(14)10-5-7-11(8-6-10)13(16)4-3-9-15/h5-8,12H,2-4,9H2,1H3. The van der Waals surface area contributed by atoms with E-state index in [4.69, 9.17) is 11.6 Å². The highest BCUT2D eigenvalue weighted by molar-refractivity contribution is 9.09. The van der Waals surface area contributed by atoms with Crippen molar-refractivity contribution in [2.75, 3.05) is 5.88 Å². The van der Waals surface area contributed by atoms with Crippen LogP contribution in [0.15, 0.2) is 24.3 Å². The highest BCUT2D eigenvalue weighted by atomic mass is 79.9. The molecule has 16 heavy (non-hydrogen) atoms. The summed E-state index contributed by atoms with van der Waals surface area (Å²) in [4.78, 5) is 12.1. The van der Waals surface area contributed by atoms with Gasteiger partial charge in [0.25, 0.3) is 0 Å². The SMILES string of the molecule is CCC(Br)c1ccc(C(=O)CCCCl)cc1. The van der Waals surface area contributed by atoms with Gasteiger partial charge in [0, 0.05) is 22.7 Å². The van der Waals surface area contributed by atoms with Gasteiger partial charge in [0.2, 0.25) is 0 Å². The molecule has 3 heteroatoms. The van der Waals surface area contributed by atoms with E-state index in [1.54, 1.807) is 0 Å². The molecule has 0 aliphatic carbocycles. The molecule has 0 amide bonds. The molecular formula is C13H16BrClO. The Morgan fingerprint density at radius 1 is 1.38 bits per heavy atom. The number of halogens is 2. The topological polar surface area (TPSA) is 17.1 Å². The first-order chi connectivity index (χ1) is 7.69. The van der Waals surface area contributed by atoms with Crippen LogP contribution in [0.25, 0.3) is 0 Å². The van der Waals surface area contributed by atoms with Crippen molar-refractivity contribution in [1.29, 1.82) is 0 Å². The van der Waals surface area contributed by atoms with Gasteiger partial charge >= 0.3 is 0 Å².